The number of benzene rings is 5. The lowest BCUT2D eigenvalue weighted by Gasteiger charge is -2.30. The van der Waals surface area contributed by atoms with Crippen LogP contribution in [-0.4, -0.2) is 51.1 Å². The van der Waals surface area contributed by atoms with Gasteiger partial charge in [0.15, 0.2) is 22.9 Å². The minimum Gasteiger partial charge on any atom is -0.380 e. The normalized spacial score (nSPS) is 12.8. The van der Waals surface area contributed by atoms with Gasteiger partial charge in [-0.25, -0.2) is 14.1 Å². The molecule has 0 bridgehead atoms. The summed E-state index contributed by atoms with van der Waals surface area (Å²) in [6.07, 6.45) is 1.91. The number of fused-ring (bicyclic) bond motifs is 1. The molecule has 0 radical (unpaired) electrons. The van der Waals surface area contributed by atoms with Crippen LogP contribution in [0.3, 0.4) is 0 Å². The molecule has 0 aliphatic carbocycles. The first-order valence-electron chi connectivity index (χ1n) is 18.6. The third-order valence-corrected chi connectivity index (χ3v) is 10.1. The van der Waals surface area contributed by atoms with Gasteiger partial charge in [0.25, 0.3) is 0 Å². The first-order chi connectivity index (χ1) is 27.5. The zero-order valence-electron chi connectivity index (χ0n) is 33.1. The van der Waals surface area contributed by atoms with Crippen molar-refractivity contribution < 1.29 is 24.2 Å². The third-order valence-electron chi connectivity index (χ3n) is 10.1. The number of aliphatic hydroxyl groups is 2. The topological polar surface area (TPSA) is 115 Å². The summed E-state index contributed by atoms with van der Waals surface area (Å²) in [5.74, 6) is -0.927. The maximum atomic E-state index is 13.3. The van der Waals surface area contributed by atoms with E-state index in [0.29, 0.717) is 16.9 Å². The molecule has 0 amide bonds. The lowest BCUT2D eigenvalue weighted by molar-refractivity contribution is -0.136. The predicted octanol–water partition coefficient (Wildman–Crippen LogP) is 9.29. The quantitative estimate of drug-likeness (QED) is 0.120. The Morgan fingerprint density at radius 1 is 0.793 bits per heavy atom. The smallest absolute Gasteiger partial charge is 0.190 e. The Labute approximate surface area is 338 Å². The van der Waals surface area contributed by atoms with E-state index < -0.39 is 11.2 Å². The molecule has 0 saturated carbocycles. The Hall–Kier alpha value is -6.90. The Balaban J connectivity index is 0.000000226. The number of nitriles is 1. The van der Waals surface area contributed by atoms with Crippen LogP contribution in [0.4, 0.5) is 21.5 Å². The molecular formula is C48H44FN5O4. The highest BCUT2D eigenvalue weighted by Crippen LogP contribution is 2.30. The van der Waals surface area contributed by atoms with Crippen molar-refractivity contribution in [3.05, 3.63) is 172 Å². The third kappa shape index (κ3) is 10.1. The highest BCUT2D eigenvalue weighted by atomic mass is 19.1. The van der Waals surface area contributed by atoms with Crippen LogP contribution in [0.2, 0.25) is 0 Å². The molecular weight excluding hydrogens is 730 g/mol. The molecule has 0 aliphatic heterocycles. The van der Waals surface area contributed by atoms with Crippen LogP contribution >= 0.6 is 0 Å². The summed E-state index contributed by atoms with van der Waals surface area (Å²) < 4.78 is 15.1. The van der Waals surface area contributed by atoms with Crippen LogP contribution in [0.1, 0.15) is 41.7 Å². The van der Waals surface area contributed by atoms with E-state index in [1.165, 1.54) is 26.0 Å². The van der Waals surface area contributed by atoms with Gasteiger partial charge in [0, 0.05) is 48.2 Å². The van der Waals surface area contributed by atoms with Crippen LogP contribution in [0.5, 0.6) is 0 Å². The molecule has 0 spiro atoms. The average Bonchev–Trinajstić information content (AvgIpc) is 3.58. The molecule has 9 nitrogen and oxygen atoms in total. The number of hydrogen-bond acceptors (Lipinski definition) is 6. The molecule has 0 saturated heterocycles. The second-order valence-electron chi connectivity index (χ2n) is 14.9. The molecule has 0 fully saturated rings. The second-order valence-corrected chi connectivity index (χ2v) is 14.9. The van der Waals surface area contributed by atoms with Crippen LogP contribution in [0.25, 0.3) is 31.7 Å². The fourth-order valence-corrected chi connectivity index (χ4v) is 6.75. The number of anilines is 1. The number of likely N-dealkylation sites (N-methyl/N-ethyl adjacent to an activating group) is 1. The summed E-state index contributed by atoms with van der Waals surface area (Å²) in [5, 5.41) is 31.9. The summed E-state index contributed by atoms with van der Waals surface area (Å²) in [4.78, 5) is 34.2. The number of aryl methyl sites for hydroxylation is 2. The number of aromatic nitrogens is 1. The number of ketones is 2. The number of halogens is 1. The van der Waals surface area contributed by atoms with Gasteiger partial charge in [0.05, 0.1) is 37.9 Å². The molecule has 5 aromatic carbocycles. The molecule has 2 N–H and O–H groups in total. The molecule has 0 aliphatic rings. The molecule has 2 atom stereocenters. The maximum absolute atomic E-state index is 13.3. The molecule has 6 rings (SSSR count). The fourth-order valence-electron chi connectivity index (χ4n) is 6.75. The molecule has 292 valence electrons. The first kappa shape index (κ1) is 42.2. The Morgan fingerprint density at radius 3 is 1.93 bits per heavy atom. The zero-order chi connectivity index (χ0) is 42.2. The molecule has 0 unspecified atom stereocenters. The van der Waals surface area contributed by atoms with Crippen LogP contribution in [-0.2, 0) is 29.0 Å². The highest BCUT2D eigenvalue weighted by Gasteiger charge is 2.32. The van der Waals surface area contributed by atoms with Crippen LogP contribution in [0.15, 0.2) is 115 Å². The average molecular weight is 774 g/mol. The van der Waals surface area contributed by atoms with E-state index >= 15 is 0 Å². The SMILES string of the molecule is [C-]#[N+]c1ccc(CC(=O)[C@@](C)(O)CN(C)c2ccc(C#N)c(-c3ccccc3)c2)cc1C.[C-]#[N+]c1ccc(CC(=O)[C@@](C)(O)Cn2ccc3cc(F)ccc32)cc1C. The van der Waals surface area contributed by atoms with Crippen molar-refractivity contribution in [1.82, 2.24) is 4.57 Å². The van der Waals surface area contributed by atoms with Crippen molar-refractivity contribution in [1.29, 1.82) is 5.26 Å². The summed E-state index contributed by atoms with van der Waals surface area (Å²) in [6, 6.07) is 34.0. The second kappa shape index (κ2) is 17.9. The van der Waals surface area contributed by atoms with Crippen molar-refractivity contribution in [2.24, 2.45) is 0 Å². The molecule has 58 heavy (non-hydrogen) atoms. The molecule has 10 heteroatoms. The number of Topliss-reactive ketones (excluding diaryl/α,β-unsaturated/α-hetero) is 2. The highest BCUT2D eigenvalue weighted by molar-refractivity contribution is 5.90. The van der Waals surface area contributed by atoms with Gasteiger partial charge in [-0.1, -0.05) is 66.7 Å². The van der Waals surface area contributed by atoms with Crippen molar-refractivity contribution in [3.63, 3.8) is 0 Å². The van der Waals surface area contributed by atoms with Gasteiger partial charge in [-0.15, -0.1) is 0 Å². The van der Waals surface area contributed by atoms with Crippen molar-refractivity contribution in [2.45, 2.75) is 58.3 Å². The Bertz CT molecular complexity index is 2610. The fraction of sp³-hybridized carbons (Fsp3) is 0.229. The molecule has 1 aromatic heterocycles. The van der Waals surface area contributed by atoms with E-state index in [9.17, 15) is 29.5 Å². The maximum Gasteiger partial charge on any atom is 0.190 e. The number of rotatable bonds is 12. The van der Waals surface area contributed by atoms with Crippen molar-refractivity contribution >= 4 is 39.5 Å². The van der Waals surface area contributed by atoms with E-state index in [4.69, 9.17) is 13.1 Å². The predicted molar refractivity (Wildman–Crippen MR) is 225 cm³/mol. The Kier molecular flexibility index (Phi) is 13.1. The molecule has 6 aromatic rings. The number of nitrogens with zero attached hydrogens (tertiary/aromatic N) is 5. The van der Waals surface area contributed by atoms with Gasteiger partial charge in [-0.3, -0.25) is 9.59 Å². The lowest BCUT2D eigenvalue weighted by Crippen LogP contribution is -2.46. The van der Waals surface area contributed by atoms with E-state index in [0.717, 1.165) is 50.0 Å². The number of hydrogen-bond donors (Lipinski definition) is 2. The molecule has 1 heterocycles. The van der Waals surface area contributed by atoms with Crippen molar-refractivity contribution in [2.75, 3.05) is 18.5 Å². The summed E-state index contributed by atoms with van der Waals surface area (Å²) in [5.41, 5.74) is 5.00. The van der Waals surface area contributed by atoms with Gasteiger partial charge in [-0.05, 0) is 98.0 Å². The largest absolute Gasteiger partial charge is 0.380 e. The Morgan fingerprint density at radius 2 is 1.38 bits per heavy atom. The summed E-state index contributed by atoms with van der Waals surface area (Å²) >= 11 is 0. The minimum absolute atomic E-state index is 0.0833. The number of carbonyl (C=O) groups is 2. The van der Waals surface area contributed by atoms with Gasteiger partial charge in [0.1, 0.15) is 17.0 Å². The first-order valence-corrected chi connectivity index (χ1v) is 18.6. The van der Waals surface area contributed by atoms with E-state index in [1.807, 2.05) is 74.3 Å². The van der Waals surface area contributed by atoms with E-state index in [1.54, 1.807) is 59.3 Å². The van der Waals surface area contributed by atoms with Gasteiger partial charge >= 0.3 is 0 Å². The zero-order valence-corrected chi connectivity index (χ0v) is 33.1. The number of carbonyl (C=O) groups excluding carboxylic acids is 2. The monoisotopic (exact) mass is 773 g/mol. The van der Waals surface area contributed by atoms with E-state index in [2.05, 4.69) is 15.8 Å². The van der Waals surface area contributed by atoms with Gasteiger partial charge < -0.3 is 19.7 Å². The summed E-state index contributed by atoms with van der Waals surface area (Å²) in [7, 11) is 1.81. The van der Waals surface area contributed by atoms with Crippen LogP contribution in [0, 0.1) is 44.1 Å². The standard InChI is InChI=1S/C27H25N3O2.C21H19FN2O2/c1-19-14-20(10-13-25(19)29-3)15-26(31)27(2,32)18-30(4)23-12-11-22(17-28)24(16-23)21-8-6-5-7-9-21;1-14-10-15(4-6-18(14)23-3)11-20(25)21(2,26)13-24-9-8-16-12-17(22)5-7-19(16)24/h5-14,16,32H,15,18H2,1-2,4H3;4-10,12,26H,11,13H2,1-2H3/t27-;21-/m00/s1. The van der Waals surface area contributed by atoms with E-state index in [-0.39, 0.29) is 43.3 Å². The van der Waals surface area contributed by atoms with Crippen molar-refractivity contribution in [3.8, 4) is 17.2 Å². The summed E-state index contributed by atoms with van der Waals surface area (Å²) in [6.45, 7) is 21.1. The van der Waals surface area contributed by atoms with Gasteiger partial charge in [0.2, 0.25) is 0 Å². The van der Waals surface area contributed by atoms with Gasteiger partial charge in [-0.2, -0.15) is 5.26 Å². The minimum atomic E-state index is -1.57. The lowest BCUT2D eigenvalue weighted by atomic mass is 9.93. The van der Waals surface area contributed by atoms with Crippen LogP contribution < -0.4 is 4.90 Å².